The van der Waals surface area contributed by atoms with Crippen LogP contribution in [-0.4, -0.2) is 89.3 Å². The quantitative estimate of drug-likeness (QED) is 0.208. The number of halogens is 3. The minimum absolute atomic E-state index is 0.0158. The Labute approximate surface area is 290 Å². The normalized spacial score (nSPS) is 22.1. The number of nitrogens with zero attached hydrogens (tertiary/aromatic N) is 6. The summed E-state index contributed by atoms with van der Waals surface area (Å²) in [6.45, 7) is 8.39. The molecule has 11 nitrogen and oxygen atoms in total. The molecular formula is C35H38F3N7O4S. The van der Waals surface area contributed by atoms with Crippen LogP contribution in [0.5, 0.6) is 6.01 Å². The third kappa shape index (κ3) is 5.53. The summed E-state index contributed by atoms with van der Waals surface area (Å²) >= 11 is 0.987. The number of ether oxygens (including phenoxy) is 3. The van der Waals surface area contributed by atoms with E-state index < -0.39 is 35.0 Å². The maximum atomic E-state index is 17.4. The van der Waals surface area contributed by atoms with Crippen LogP contribution in [0, 0.1) is 11.6 Å². The summed E-state index contributed by atoms with van der Waals surface area (Å²) in [5, 5.41) is 3.83. The Hall–Kier alpha value is -4.08. The number of rotatable bonds is 7. The van der Waals surface area contributed by atoms with Gasteiger partial charge in [-0.15, -0.1) is 11.3 Å². The van der Waals surface area contributed by atoms with E-state index in [2.05, 4.69) is 30.1 Å². The summed E-state index contributed by atoms with van der Waals surface area (Å²) in [6.07, 6.45) is 4.01. The Morgan fingerprint density at radius 1 is 1.18 bits per heavy atom. The molecule has 8 rings (SSSR count). The molecule has 15 heteroatoms. The molecule has 1 amide bonds. The second kappa shape index (κ2) is 12.3. The molecule has 264 valence electrons. The Balaban J connectivity index is 1.30. The fraction of sp³-hybridized carbons (Fsp3) is 0.514. The molecule has 4 aliphatic rings. The van der Waals surface area contributed by atoms with Crippen LogP contribution < -0.4 is 15.0 Å². The molecule has 7 heterocycles. The third-order valence-corrected chi connectivity index (χ3v) is 11.1. The number of hydrogen-bond donors (Lipinski definition) is 1. The highest BCUT2D eigenvalue weighted by Gasteiger charge is 2.49. The summed E-state index contributed by atoms with van der Waals surface area (Å²) < 4.78 is 65.2. The molecule has 3 fully saturated rings. The highest BCUT2D eigenvalue weighted by atomic mass is 32.1. The maximum absolute atomic E-state index is 17.4. The van der Waals surface area contributed by atoms with Gasteiger partial charge in [-0.1, -0.05) is 0 Å². The van der Waals surface area contributed by atoms with Crippen molar-refractivity contribution in [1.82, 2.24) is 19.9 Å². The molecule has 50 heavy (non-hydrogen) atoms. The third-order valence-electron chi connectivity index (χ3n) is 9.96. The van der Waals surface area contributed by atoms with Gasteiger partial charge < -0.3 is 19.1 Å². The van der Waals surface area contributed by atoms with E-state index >= 15 is 8.78 Å². The van der Waals surface area contributed by atoms with E-state index in [0.29, 0.717) is 35.3 Å². The molecule has 3 saturated heterocycles. The SMILES string of the molecule is C/N=C\c1c(NC(=O)OC(C)(C)C)sc2c(F)cnc(-c3c4c(c5c(N6CCC6)nc(OC[C@@]67CCCN6C[C@H](F)C7)nc5c3F)COC4)c12. The summed E-state index contributed by atoms with van der Waals surface area (Å²) in [6, 6.07) is 0.0158. The first kappa shape index (κ1) is 33.1. The van der Waals surface area contributed by atoms with Gasteiger partial charge in [0.15, 0.2) is 11.6 Å². The van der Waals surface area contributed by atoms with Crippen molar-refractivity contribution in [3.8, 4) is 17.3 Å². The number of alkyl halides is 1. The number of benzene rings is 1. The molecule has 1 N–H and O–H groups in total. The minimum Gasteiger partial charge on any atom is -0.461 e. The smallest absolute Gasteiger partial charge is 0.412 e. The van der Waals surface area contributed by atoms with Gasteiger partial charge in [0.2, 0.25) is 0 Å². The molecular weight excluding hydrogens is 671 g/mol. The number of hydrogen-bond acceptors (Lipinski definition) is 11. The number of fused-ring (bicyclic) bond motifs is 5. The molecule has 0 bridgehead atoms. The molecule has 0 spiro atoms. The van der Waals surface area contributed by atoms with Gasteiger partial charge in [0.1, 0.15) is 34.7 Å². The Bertz CT molecular complexity index is 2060. The van der Waals surface area contributed by atoms with E-state index in [1.54, 1.807) is 27.8 Å². The van der Waals surface area contributed by atoms with E-state index in [0.717, 1.165) is 62.0 Å². The fourth-order valence-electron chi connectivity index (χ4n) is 7.73. The van der Waals surface area contributed by atoms with Gasteiger partial charge in [-0.25, -0.2) is 18.0 Å². The first-order chi connectivity index (χ1) is 24.0. The van der Waals surface area contributed by atoms with Crippen molar-refractivity contribution in [2.45, 2.75) is 77.0 Å². The lowest BCUT2D eigenvalue weighted by atomic mass is 9.93. The standard InChI is InChI=1S/C35H38F3N7O4S/c1-34(2,3)49-33(46)43-31-19(12-39-4)24-27(40-13-22(37)29(24)50-31)23-20-15-47-16-21(20)25-28(26(23)38)41-32(42-30(25)44-8-6-9-44)48-17-35-7-5-10-45(35)14-18(36)11-35/h12-13,18H,5-11,14-17H2,1-4H3,(H,43,46)/b39-12-/t18-,35+/m1/s1. The van der Waals surface area contributed by atoms with Gasteiger partial charge >= 0.3 is 12.1 Å². The molecule has 3 aromatic heterocycles. The molecule has 2 atom stereocenters. The predicted molar refractivity (Wildman–Crippen MR) is 185 cm³/mol. The molecule has 4 aromatic rings. The highest BCUT2D eigenvalue weighted by molar-refractivity contribution is 7.23. The Kier molecular flexibility index (Phi) is 8.14. The van der Waals surface area contributed by atoms with Crippen molar-refractivity contribution in [2.24, 2.45) is 4.99 Å². The van der Waals surface area contributed by atoms with Gasteiger partial charge in [0.05, 0.1) is 40.7 Å². The number of thiophene rings is 1. The first-order valence-corrected chi connectivity index (χ1v) is 17.7. The van der Waals surface area contributed by atoms with Crippen LogP contribution in [-0.2, 0) is 22.7 Å². The van der Waals surface area contributed by atoms with E-state index in [4.69, 9.17) is 19.2 Å². The van der Waals surface area contributed by atoms with Crippen molar-refractivity contribution in [3.63, 3.8) is 0 Å². The summed E-state index contributed by atoms with van der Waals surface area (Å²) in [5.41, 5.74) is 0.791. The van der Waals surface area contributed by atoms with Crippen molar-refractivity contribution < 1.29 is 32.2 Å². The van der Waals surface area contributed by atoms with Crippen LogP contribution in [0.3, 0.4) is 0 Å². The lowest BCUT2D eigenvalue weighted by Crippen LogP contribution is -2.43. The van der Waals surface area contributed by atoms with Crippen LogP contribution in [0.25, 0.3) is 32.2 Å². The average molecular weight is 710 g/mol. The number of aromatic nitrogens is 3. The molecule has 1 aromatic carbocycles. The molecule has 0 saturated carbocycles. The van der Waals surface area contributed by atoms with E-state index in [9.17, 15) is 9.18 Å². The number of anilines is 2. The van der Waals surface area contributed by atoms with Gasteiger partial charge in [0.25, 0.3) is 0 Å². The number of amides is 1. The lowest BCUT2D eigenvalue weighted by Gasteiger charge is -2.34. The number of nitrogens with one attached hydrogen (secondary N) is 1. The van der Waals surface area contributed by atoms with Crippen molar-refractivity contribution in [3.05, 3.63) is 34.5 Å². The second-order valence-electron chi connectivity index (χ2n) is 14.4. The van der Waals surface area contributed by atoms with E-state index in [-0.39, 0.29) is 57.7 Å². The van der Waals surface area contributed by atoms with Crippen molar-refractivity contribution in [1.29, 1.82) is 0 Å². The first-order valence-electron chi connectivity index (χ1n) is 16.9. The monoisotopic (exact) mass is 709 g/mol. The van der Waals surface area contributed by atoms with Crippen molar-refractivity contribution in [2.75, 3.05) is 50.1 Å². The number of carbonyl (C=O) groups excluding carboxylic acids is 1. The maximum Gasteiger partial charge on any atom is 0.412 e. The van der Waals surface area contributed by atoms with Gasteiger partial charge in [0, 0.05) is 55.8 Å². The summed E-state index contributed by atoms with van der Waals surface area (Å²) in [4.78, 5) is 35.1. The largest absolute Gasteiger partial charge is 0.461 e. The predicted octanol–water partition coefficient (Wildman–Crippen LogP) is 6.78. The van der Waals surface area contributed by atoms with E-state index in [1.807, 2.05) is 0 Å². The van der Waals surface area contributed by atoms with E-state index in [1.165, 1.54) is 6.21 Å². The van der Waals surface area contributed by atoms with Crippen molar-refractivity contribution >= 4 is 55.5 Å². The number of pyridine rings is 1. The summed E-state index contributed by atoms with van der Waals surface area (Å²) in [7, 11) is 1.55. The zero-order chi connectivity index (χ0) is 34.9. The minimum atomic E-state index is -0.921. The molecule has 4 aliphatic heterocycles. The van der Waals surface area contributed by atoms with Crippen LogP contribution in [0.15, 0.2) is 11.2 Å². The summed E-state index contributed by atoms with van der Waals surface area (Å²) in [5.74, 6) is -0.739. The number of carbonyl (C=O) groups is 1. The Morgan fingerprint density at radius 3 is 2.72 bits per heavy atom. The molecule has 0 aliphatic carbocycles. The lowest BCUT2D eigenvalue weighted by molar-refractivity contribution is 0.0636. The molecule has 0 radical (unpaired) electrons. The second-order valence-corrected chi connectivity index (χ2v) is 15.4. The average Bonchev–Trinajstić information content (AvgIpc) is 3.79. The number of aliphatic imine (C=N–C) groups is 1. The van der Waals surface area contributed by atoms with Gasteiger partial charge in [-0.3, -0.25) is 20.2 Å². The fourth-order valence-corrected chi connectivity index (χ4v) is 8.79. The van der Waals surface area contributed by atoms with Crippen LogP contribution in [0.1, 0.15) is 63.1 Å². The molecule has 0 unspecified atom stereocenters. The highest BCUT2D eigenvalue weighted by Crippen LogP contribution is 2.48. The van der Waals surface area contributed by atoms with Gasteiger partial charge in [-0.2, -0.15) is 9.97 Å². The zero-order valence-electron chi connectivity index (χ0n) is 28.4. The van der Waals surface area contributed by atoms with Crippen LogP contribution in [0.4, 0.5) is 28.8 Å². The van der Waals surface area contributed by atoms with Crippen LogP contribution >= 0.6 is 11.3 Å². The van der Waals surface area contributed by atoms with Gasteiger partial charge in [-0.05, 0) is 57.7 Å². The van der Waals surface area contributed by atoms with Crippen LogP contribution in [0.2, 0.25) is 0 Å². The Morgan fingerprint density at radius 2 is 1.98 bits per heavy atom. The topological polar surface area (TPSA) is 114 Å². The zero-order valence-corrected chi connectivity index (χ0v) is 29.2.